The molecule has 0 aliphatic carbocycles. The van der Waals surface area contributed by atoms with Gasteiger partial charge in [-0.15, -0.1) is 0 Å². The van der Waals surface area contributed by atoms with E-state index in [0.717, 1.165) is 41.5 Å². The third-order valence-corrected chi connectivity index (χ3v) is 5.66. The van der Waals surface area contributed by atoms with E-state index in [9.17, 15) is 4.79 Å². The highest BCUT2D eigenvalue weighted by atomic mass is 32.2. The number of aromatic nitrogens is 2. The zero-order valence-electron chi connectivity index (χ0n) is 16.8. The topological polar surface area (TPSA) is 46.9 Å². The number of aryl methyl sites for hydroxylation is 2. The Morgan fingerprint density at radius 2 is 2.00 bits per heavy atom. The summed E-state index contributed by atoms with van der Waals surface area (Å²) in [6, 6.07) is 6.18. The summed E-state index contributed by atoms with van der Waals surface area (Å²) in [4.78, 5) is 17.2. The van der Waals surface area contributed by atoms with E-state index in [4.69, 9.17) is 0 Å². The maximum absolute atomic E-state index is 12.6. The lowest BCUT2D eigenvalue weighted by Crippen LogP contribution is -2.17. The summed E-state index contributed by atoms with van der Waals surface area (Å²) in [5.74, 6) is 0.760. The van der Waals surface area contributed by atoms with Crippen LogP contribution < -0.4 is 5.32 Å². The molecular formula is C21H31N3OS. The lowest BCUT2D eigenvalue weighted by Gasteiger charge is -2.16. The van der Waals surface area contributed by atoms with Gasteiger partial charge in [-0.3, -0.25) is 4.79 Å². The van der Waals surface area contributed by atoms with Gasteiger partial charge in [-0.1, -0.05) is 57.2 Å². The fourth-order valence-electron chi connectivity index (χ4n) is 2.96. The van der Waals surface area contributed by atoms with Gasteiger partial charge in [-0.05, 0) is 44.2 Å². The Morgan fingerprint density at radius 1 is 1.27 bits per heavy atom. The van der Waals surface area contributed by atoms with E-state index in [-0.39, 0.29) is 5.91 Å². The number of anilines is 1. The van der Waals surface area contributed by atoms with Crippen molar-refractivity contribution in [3.8, 4) is 0 Å². The Morgan fingerprint density at radius 3 is 2.65 bits per heavy atom. The summed E-state index contributed by atoms with van der Waals surface area (Å²) < 4.78 is 2.24. The number of benzene rings is 1. The maximum atomic E-state index is 12.6. The molecule has 0 radical (unpaired) electrons. The Bertz CT molecular complexity index is 765. The summed E-state index contributed by atoms with van der Waals surface area (Å²) in [7, 11) is 0. The number of amides is 1. The number of hydrogen-bond acceptors (Lipinski definition) is 3. The SMILES string of the molecule is CCCCn1c(SCC(=O)Nc2c(C)cccc2C(C)C)nc(C)c1C. The van der Waals surface area contributed by atoms with E-state index in [1.807, 2.05) is 26.0 Å². The van der Waals surface area contributed by atoms with Crippen LogP contribution in [0.4, 0.5) is 5.69 Å². The normalized spacial score (nSPS) is 11.2. The van der Waals surface area contributed by atoms with Gasteiger partial charge in [0.25, 0.3) is 0 Å². The van der Waals surface area contributed by atoms with Gasteiger partial charge in [-0.25, -0.2) is 4.98 Å². The smallest absolute Gasteiger partial charge is 0.234 e. The van der Waals surface area contributed by atoms with Gasteiger partial charge in [0.05, 0.1) is 11.4 Å². The van der Waals surface area contributed by atoms with E-state index in [1.165, 1.54) is 23.0 Å². The van der Waals surface area contributed by atoms with E-state index in [1.54, 1.807) is 0 Å². The minimum absolute atomic E-state index is 0.0200. The lowest BCUT2D eigenvalue weighted by molar-refractivity contribution is -0.113. The molecular weight excluding hydrogens is 342 g/mol. The van der Waals surface area contributed by atoms with Gasteiger partial charge in [0.2, 0.25) is 5.91 Å². The van der Waals surface area contributed by atoms with E-state index >= 15 is 0 Å². The molecule has 0 aliphatic heterocycles. The molecule has 0 aliphatic rings. The minimum atomic E-state index is 0.0200. The molecule has 1 amide bonds. The van der Waals surface area contributed by atoms with Gasteiger partial charge >= 0.3 is 0 Å². The van der Waals surface area contributed by atoms with Crippen LogP contribution >= 0.6 is 11.8 Å². The Kier molecular flexibility index (Phi) is 7.33. The zero-order valence-corrected chi connectivity index (χ0v) is 17.7. The van der Waals surface area contributed by atoms with Gasteiger partial charge in [0.15, 0.2) is 5.16 Å². The monoisotopic (exact) mass is 373 g/mol. The highest BCUT2D eigenvalue weighted by Crippen LogP contribution is 2.28. The predicted molar refractivity (Wildman–Crippen MR) is 111 cm³/mol. The minimum Gasteiger partial charge on any atom is -0.325 e. The van der Waals surface area contributed by atoms with Crippen LogP contribution in [0, 0.1) is 20.8 Å². The van der Waals surface area contributed by atoms with Gasteiger partial charge in [0.1, 0.15) is 0 Å². The lowest BCUT2D eigenvalue weighted by atomic mass is 9.98. The van der Waals surface area contributed by atoms with Crippen molar-refractivity contribution in [3.05, 3.63) is 40.7 Å². The van der Waals surface area contributed by atoms with Crippen molar-refractivity contribution in [2.24, 2.45) is 0 Å². The number of para-hydroxylation sites is 1. The van der Waals surface area contributed by atoms with Crippen molar-refractivity contribution in [2.45, 2.75) is 72.0 Å². The van der Waals surface area contributed by atoms with Crippen LogP contribution in [0.15, 0.2) is 23.4 Å². The third kappa shape index (κ3) is 4.91. The molecule has 2 rings (SSSR count). The summed E-state index contributed by atoms with van der Waals surface area (Å²) in [6.07, 6.45) is 2.27. The largest absolute Gasteiger partial charge is 0.325 e. The molecule has 1 heterocycles. The summed E-state index contributed by atoms with van der Waals surface area (Å²) in [6.45, 7) is 13.6. The molecule has 0 saturated carbocycles. The highest BCUT2D eigenvalue weighted by Gasteiger charge is 2.15. The second-order valence-electron chi connectivity index (χ2n) is 7.10. The molecule has 2 aromatic rings. The third-order valence-electron chi connectivity index (χ3n) is 4.68. The quantitative estimate of drug-likeness (QED) is 0.625. The number of nitrogens with zero attached hydrogens (tertiary/aromatic N) is 2. The molecule has 0 bridgehead atoms. The van der Waals surface area contributed by atoms with Crippen LogP contribution in [-0.2, 0) is 11.3 Å². The maximum Gasteiger partial charge on any atom is 0.234 e. The fourth-order valence-corrected chi connectivity index (χ4v) is 3.88. The average Bonchev–Trinajstić information content (AvgIpc) is 2.86. The van der Waals surface area contributed by atoms with Crippen molar-refractivity contribution in [1.29, 1.82) is 0 Å². The molecule has 26 heavy (non-hydrogen) atoms. The average molecular weight is 374 g/mol. The summed E-state index contributed by atoms with van der Waals surface area (Å²) in [5.41, 5.74) is 5.48. The number of carbonyl (C=O) groups excluding carboxylic acids is 1. The molecule has 0 unspecified atom stereocenters. The number of rotatable bonds is 8. The number of thioether (sulfide) groups is 1. The van der Waals surface area contributed by atoms with Crippen molar-refractivity contribution in [3.63, 3.8) is 0 Å². The first-order valence-corrected chi connectivity index (χ1v) is 10.4. The Labute approximate surface area is 161 Å². The molecule has 4 nitrogen and oxygen atoms in total. The number of imidazole rings is 1. The molecule has 142 valence electrons. The number of nitrogens with one attached hydrogen (secondary N) is 1. The van der Waals surface area contributed by atoms with E-state index < -0.39 is 0 Å². The number of hydrogen-bond donors (Lipinski definition) is 1. The summed E-state index contributed by atoms with van der Waals surface area (Å²) >= 11 is 1.52. The number of carbonyl (C=O) groups is 1. The molecule has 0 spiro atoms. The van der Waals surface area contributed by atoms with Gasteiger partial charge < -0.3 is 9.88 Å². The predicted octanol–water partition coefficient (Wildman–Crippen LogP) is 5.46. The van der Waals surface area contributed by atoms with Gasteiger partial charge in [0, 0.05) is 17.9 Å². The molecule has 1 aromatic heterocycles. The van der Waals surface area contributed by atoms with Crippen LogP contribution in [0.25, 0.3) is 0 Å². The van der Waals surface area contributed by atoms with Crippen LogP contribution in [0.5, 0.6) is 0 Å². The first kappa shape index (κ1) is 20.6. The standard InChI is InChI=1S/C21H31N3OS/c1-7-8-12-24-17(6)16(5)22-21(24)26-13-19(25)23-20-15(4)10-9-11-18(20)14(2)3/h9-11,14H,7-8,12-13H2,1-6H3,(H,23,25). The first-order valence-electron chi connectivity index (χ1n) is 9.41. The van der Waals surface area contributed by atoms with Crippen LogP contribution in [0.2, 0.25) is 0 Å². The number of unbranched alkanes of at least 4 members (excludes halogenated alkanes) is 1. The van der Waals surface area contributed by atoms with Crippen LogP contribution in [0.3, 0.4) is 0 Å². The molecule has 1 aromatic carbocycles. The van der Waals surface area contributed by atoms with E-state index in [2.05, 4.69) is 48.6 Å². The Hall–Kier alpha value is -1.75. The molecule has 0 fully saturated rings. The second kappa shape index (κ2) is 9.26. The Balaban J connectivity index is 2.08. The van der Waals surface area contributed by atoms with E-state index in [0.29, 0.717) is 11.7 Å². The zero-order chi connectivity index (χ0) is 19.3. The van der Waals surface area contributed by atoms with Gasteiger partial charge in [-0.2, -0.15) is 0 Å². The molecule has 1 N–H and O–H groups in total. The van der Waals surface area contributed by atoms with Crippen molar-refractivity contribution >= 4 is 23.4 Å². The highest BCUT2D eigenvalue weighted by molar-refractivity contribution is 7.99. The molecule has 0 atom stereocenters. The second-order valence-corrected chi connectivity index (χ2v) is 8.04. The fraction of sp³-hybridized carbons (Fsp3) is 0.524. The first-order chi connectivity index (χ1) is 12.3. The van der Waals surface area contributed by atoms with Crippen molar-refractivity contribution in [2.75, 3.05) is 11.1 Å². The van der Waals surface area contributed by atoms with Crippen molar-refractivity contribution < 1.29 is 4.79 Å². The van der Waals surface area contributed by atoms with Crippen molar-refractivity contribution in [1.82, 2.24) is 9.55 Å². The molecule has 5 heteroatoms. The van der Waals surface area contributed by atoms with Crippen LogP contribution in [-0.4, -0.2) is 21.2 Å². The van der Waals surface area contributed by atoms with Crippen LogP contribution in [0.1, 0.15) is 62.0 Å². The molecule has 0 saturated heterocycles. The summed E-state index contributed by atoms with van der Waals surface area (Å²) in [5, 5.41) is 4.06.